The summed E-state index contributed by atoms with van der Waals surface area (Å²) in [5, 5.41) is 7.13. The first kappa shape index (κ1) is 16.4. The Kier molecular flexibility index (Phi) is 4.39. The molecule has 25 heavy (non-hydrogen) atoms. The molecule has 8 heteroatoms. The van der Waals surface area contributed by atoms with Crippen molar-refractivity contribution in [2.45, 2.75) is 43.9 Å². The number of ether oxygens (including phenoxy) is 1. The summed E-state index contributed by atoms with van der Waals surface area (Å²) in [4.78, 5) is 16.9. The monoisotopic (exact) mass is 350 g/mol. The first-order valence-electron chi connectivity index (χ1n) is 8.47. The Hall–Kier alpha value is -2.06. The maximum atomic E-state index is 12.8. The maximum Gasteiger partial charge on any atom is 0.256 e. The number of carbonyl (C=O) groups excluding carboxylic acids is 1. The van der Waals surface area contributed by atoms with E-state index in [4.69, 9.17) is 4.74 Å². The highest BCUT2D eigenvalue weighted by atomic mass is 19.3. The summed E-state index contributed by atoms with van der Waals surface area (Å²) in [6, 6.07) is 4.00. The molecule has 2 aromatic rings. The van der Waals surface area contributed by atoms with Gasteiger partial charge in [-0.1, -0.05) is 0 Å². The third kappa shape index (κ3) is 3.36. The van der Waals surface area contributed by atoms with E-state index in [9.17, 15) is 13.6 Å². The Morgan fingerprint density at radius 2 is 2.16 bits per heavy atom. The van der Waals surface area contributed by atoms with Crippen molar-refractivity contribution in [1.29, 1.82) is 0 Å². The molecule has 6 nitrogen and oxygen atoms in total. The predicted molar refractivity (Wildman–Crippen MR) is 87.8 cm³/mol. The molecule has 2 unspecified atom stereocenters. The Morgan fingerprint density at radius 3 is 2.88 bits per heavy atom. The van der Waals surface area contributed by atoms with Crippen LogP contribution in [0.3, 0.4) is 0 Å². The van der Waals surface area contributed by atoms with Crippen LogP contribution in [0, 0.1) is 0 Å². The number of rotatable bonds is 4. The van der Waals surface area contributed by atoms with E-state index in [1.165, 1.54) is 10.8 Å². The summed E-state index contributed by atoms with van der Waals surface area (Å²) in [5.74, 6) is -0.239. The largest absolute Gasteiger partial charge is 0.378 e. The number of pyridine rings is 1. The summed E-state index contributed by atoms with van der Waals surface area (Å²) in [6.07, 6.45) is 2.12. The third-order valence-corrected chi connectivity index (χ3v) is 4.80. The van der Waals surface area contributed by atoms with Gasteiger partial charge in [-0.15, -0.1) is 0 Å². The van der Waals surface area contributed by atoms with Gasteiger partial charge in [0.2, 0.25) is 0 Å². The second kappa shape index (κ2) is 6.68. The molecule has 2 saturated heterocycles. The van der Waals surface area contributed by atoms with Crippen LogP contribution in [0.15, 0.2) is 24.5 Å². The van der Waals surface area contributed by atoms with Gasteiger partial charge < -0.3 is 19.9 Å². The average Bonchev–Trinajstić information content (AvgIpc) is 2.93. The zero-order chi connectivity index (χ0) is 17.4. The molecule has 2 aliphatic rings. The van der Waals surface area contributed by atoms with Crippen molar-refractivity contribution < 1.29 is 18.3 Å². The highest BCUT2D eigenvalue weighted by molar-refractivity contribution is 6.06. The van der Waals surface area contributed by atoms with Crippen LogP contribution in [0.25, 0.3) is 11.0 Å². The molecular weight excluding hydrogens is 330 g/mol. The second-order valence-electron chi connectivity index (χ2n) is 6.70. The lowest BCUT2D eigenvalue weighted by Crippen LogP contribution is -2.58. The van der Waals surface area contributed by atoms with Crippen LogP contribution in [-0.4, -0.2) is 53.2 Å². The molecule has 2 aliphatic heterocycles. The molecule has 0 radical (unpaired) electrons. The topological polar surface area (TPSA) is 68.2 Å². The molecule has 0 spiro atoms. The normalized spacial score (nSPS) is 26.1. The number of nitrogens with zero attached hydrogens (tertiary/aromatic N) is 2. The number of morpholine rings is 1. The van der Waals surface area contributed by atoms with Crippen LogP contribution in [0.1, 0.15) is 23.2 Å². The molecule has 2 N–H and O–H groups in total. The van der Waals surface area contributed by atoms with Gasteiger partial charge in [0.1, 0.15) is 5.65 Å². The van der Waals surface area contributed by atoms with E-state index in [-0.39, 0.29) is 24.0 Å². The first-order chi connectivity index (χ1) is 12.1. The molecule has 2 bridgehead atoms. The van der Waals surface area contributed by atoms with Crippen molar-refractivity contribution in [3.05, 3.63) is 30.1 Å². The fourth-order valence-corrected chi connectivity index (χ4v) is 3.81. The van der Waals surface area contributed by atoms with E-state index in [1.807, 2.05) is 0 Å². The lowest BCUT2D eigenvalue weighted by atomic mass is 9.92. The van der Waals surface area contributed by atoms with Crippen LogP contribution in [0.5, 0.6) is 0 Å². The van der Waals surface area contributed by atoms with E-state index in [0.29, 0.717) is 29.8 Å². The van der Waals surface area contributed by atoms with Gasteiger partial charge in [-0.3, -0.25) is 4.79 Å². The Bertz CT molecular complexity index is 767. The average molecular weight is 350 g/mol. The molecule has 4 rings (SSSR count). The lowest BCUT2D eigenvalue weighted by molar-refractivity contribution is 0.0148. The fraction of sp³-hybridized carbons (Fsp3) is 0.529. The minimum atomic E-state index is -2.50. The molecule has 0 aromatic carbocycles. The highest BCUT2D eigenvalue weighted by Gasteiger charge is 2.33. The zero-order valence-electron chi connectivity index (χ0n) is 13.6. The number of nitrogens with one attached hydrogen (secondary N) is 2. The molecule has 0 aliphatic carbocycles. The van der Waals surface area contributed by atoms with Crippen molar-refractivity contribution in [2.75, 3.05) is 13.2 Å². The van der Waals surface area contributed by atoms with Crippen LogP contribution in [0.4, 0.5) is 8.78 Å². The van der Waals surface area contributed by atoms with Gasteiger partial charge in [0.25, 0.3) is 12.3 Å². The first-order valence-corrected chi connectivity index (χ1v) is 8.47. The summed E-state index contributed by atoms with van der Waals surface area (Å²) < 4.78 is 32.5. The number of hydrogen-bond acceptors (Lipinski definition) is 4. The zero-order valence-corrected chi connectivity index (χ0v) is 13.6. The number of amides is 1. The van der Waals surface area contributed by atoms with Gasteiger partial charge in [-0.2, -0.15) is 0 Å². The molecule has 134 valence electrons. The Labute approximate surface area is 143 Å². The van der Waals surface area contributed by atoms with Crippen molar-refractivity contribution in [3.63, 3.8) is 0 Å². The SMILES string of the molecule is O=C(NC1CC2COCC(C1)N2)c1cn(CC(F)F)c2ncccc12. The van der Waals surface area contributed by atoms with Gasteiger partial charge in [0.05, 0.1) is 25.3 Å². The quantitative estimate of drug-likeness (QED) is 0.878. The molecule has 2 atom stereocenters. The van der Waals surface area contributed by atoms with Crippen LogP contribution in [0.2, 0.25) is 0 Å². The van der Waals surface area contributed by atoms with Crippen molar-refractivity contribution in [2.24, 2.45) is 0 Å². The smallest absolute Gasteiger partial charge is 0.256 e. The number of alkyl halides is 2. The lowest BCUT2D eigenvalue weighted by Gasteiger charge is -2.40. The molecule has 2 fully saturated rings. The van der Waals surface area contributed by atoms with Gasteiger partial charge in [-0.25, -0.2) is 13.8 Å². The summed E-state index contributed by atoms with van der Waals surface area (Å²) in [7, 11) is 0. The molecular formula is C17H20F2N4O2. The van der Waals surface area contributed by atoms with Crippen LogP contribution >= 0.6 is 0 Å². The van der Waals surface area contributed by atoms with E-state index in [0.717, 1.165) is 12.8 Å². The van der Waals surface area contributed by atoms with Crippen molar-refractivity contribution >= 4 is 16.9 Å². The predicted octanol–water partition coefficient (Wildman–Crippen LogP) is 1.55. The van der Waals surface area contributed by atoms with Crippen LogP contribution in [-0.2, 0) is 11.3 Å². The van der Waals surface area contributed by atoms with Gasteiger partial charge in [-0.05, 0) is 25.0 Å². The Balaban J connectivity index is 1.55. The molecule has 4 heterocycles. The summed E-state index contributed by atoms with van der Waals surface area (Å²) in [5.41, 5.74) is 0.798. The molecule has 1 amide bonds. The van der Waals surface area contributed by atoms with E-state index in [2.05, 4.69) is 15.6 Å². The third-order valence-electron chi connectivity index (χ3n) is 4.80. The van der Waals surface area contributed by atoms with Gasteiger partial charge in [0, 0.05) is 35.9 Å². The number of halogens is 2. The van der Waals surface area contributed by atoms with E-state index < -0.39 is 13.0 Å². The molecule has 0 saturated carbocycles. The van der Waals surface area contributed by atoms with E-state index in [1.54, 1.807) is 18.3 Å². The Morgan fingerprint density at radius 1 is 1.40 bits per heavy atom. The highest BCUT2D eigenvalue weighted by Crippen LogP contribution is 2.23. The maximum absolute atomic E-state index is 12.8. The minimum Gasteiger partial charge on any atom is -0.378 e. The number of fused-ring (bicyclic) bond motifs is 3. The number of carbonyl (C=O) groups is 1. The van der Waals surface area contributed by atoms with Gasteiger partial charge in [0.15, 0.2) is 0 Å². The van der Waals surface area contributed by atoms with E-state index >= 15 is 0 Å². The number of aromatic nitrogens is 2. The molecule has 2 aromatic heterocycles. The minimum absolute atomic E-state index is 0.0535. The standard InChI is InChI=1S/C17H20F2N4O2/c18-15(19)7-23-6-14(13-2-1-3-20-16(13)23)17(24)22-10-4-11-8-25-9-12(5-10)21-11/h1-3,6,10-12,15,21H,4-5,7-9H2,(H,22,24). The summed E-state index contributed by atoms with van der Waals surface area (Å²) in [6.45, 7) is 0.830. The second-order valence-corrected chi connectivity index (χ2v) is 6.70. The van der Waals surface area contributed by atoms with Gasteiger partial charge >= 0.3 is 0 Å². The number of piperidine rings is 1. The number of hydrogen-bond donors (Lipinski definition) is 2. The fourth-order valence-electron chi connectivity index (χ4n) is 3.81. The van der Waals surface area contributed by atoms with Crippen LogP contribution < -0.4 is 10.6 Å². The summed E-state index contributed by atoms with van der Waals surface area (Å²) >= 11 is 0. The van der Waals surface area contributed by atoms with Crippen molar-refractivity contribution in [3.8, 4) is 0 Å². The van der Waals surface area contributed by atoms with Crippen molar-refractivity contribution in [1.82, 2.24) is 20.2 Å².